The first-order valence-corrected chi connectivity index (χ1v) is 9.90. The van der Waals surface area contributed by atoms with Crippen LogP contribution < -0.4 is 15.4 Å². The van der Waals surface area contributed by atoms with Gasteiger partial charge in [-0.3, -0.25) is 4.99 Å². The Bertz CT molecular complexity index is 523. The minimum absolute atomic E-state index is 0. The first-order chi connectivity index (χ1) is 12.6. The summed E-state index contributed by atoms with van der Waals surface area (Å²) < 4.78 is 5.71. The van der Waals surface area contributed by atoms with Gasteiger partial charge in [0.15, 0.2) is 5.96 Å². The van der Waals surface area contributed by atoms with E-state index in [1.54, 1.807) is 13.2 Å². The van der Waals surface area contributed by atoms with E-state index in [2.05, 4.69) is 53.2 Å². The number of nitrogens with zero attached hydrogens (tertiary/aromatic N) is 3. The molecule has 0 saturated carbocycles. The molecular formula is C20H38IN5O. The highest BCUT2D eigenvalue weighted by atomic mass is 127. The third-order valence-corrected chi connectivity index (χ3v) is 4.35. The van der Waals surface area contributed by atoms with E-state index in [1.807, 2.05) is 12.1 Å². The van der Waals surface area contributed by atoms with Gasteiger partial charge in [-0.15, -0.1) is 24.0 Å². The Labute approximate surface area is 182 Å². The lowest BCUT2D eigenvalue weighted by atomic mass is 10.2. The lowest BCUT2D eigenvalue weighted by molar-refractivity contribution is 0.292. The molecule has 0 aliphatic heterocycles. The number of aromatic nitrogens is 1. The van der Waals surface area contributed by atoms with Crippen molar-refractivity contribution in [1.82, 2.24) is 20.5 Å². The number of pyridine rings is 1. The lowest BCUT2D eigenvalue weighted by Crippen LogP contribution is -2.42. The van der Waals surface area contributed by atoms with Crippen molar-refractivity contribution in [3.05, 3.63) is 23.9 Å². The highest BCUT2D eigenvalue weighted by molar-refractivity contribution is 14.0. The molecule has 2 N–H and O–H groups in total. The summed E-state index contributed by atoms with van der Waals surface area (Å²) in [7, 11) is 1.80. The second-order valence-corrected chi connectivity index (χ2v) is 6.46. The van der Waals surface area contributed by atoms with Gasteiger partial charge in [-0.05, 0) is 51.9 Å². The smallest absolute Gasteiger partial charge is 0.218 e. The average Bonchev–Trinajstić information content (AvgIpc) is 2.67. The number of hydrogen-bond acceptors (Lipinski definition) is 4. The number of nitrogens with one attached hydrogen (secondary N) is 2. The van der Waals surface area contributed by atoms with Crippen LogP contribution in [0.3, 0.4) is 0 Å². The minimum atomic E-state index is 0. The topological polar surface area (TPSA) is 61.8 Å². The summed E-state index contributed by atoms with van der Waals surface area (Å²) >= 11 is 0. The van der Waals surface area contributed by atoms with E-state index < -0.39 is 0 Å². The maximum Gasteiger partial charge on any atom is 0.218 e. The van der Waals surface area contributed by atoms with Crippen molar-refractivity contribution < 1.29 is 4.74 Å². The number of rotatable bonds is 12. The van der Waals surface area contributed by atoms with Crippen LogP contribution in [0, 0.1) is 0 Å². The molecule has 0 radical (unpaired) electrons. The number of ether oxygens (including phenoxy) is 1. The van der Waals surface area contributed by atoms with Crippen LogP contribution >= 0.6 is 24.0 Å². The molecule has 1 unspecified atom stereocenters. The van der Waals surface area contributed by atoms with Crippen LogP contribution in [0.1, 0.15) is 52.5 Å². The van der Waals surface area contributed by atoms with Gasteiger partial charge in [0, 0.05) is 31.4 Å². The van der Waals surface area contributed by atoms with Crippen molar-refractivity contribution >= 4 is 29.9 Å². The van der Waals surface area contributed by atoms with E-state index in [1.165, 1.54) is 6.42 Å². The minimum Gasteiger partial charge on any atom is -0.477 e. The molecule has 7 heteroatoms. The first kappa shape index (κ1) is 25.9. The van der Waals surface area contributed by atoms with Crippen molar-refractivity contribution in [3.63, 3.8) is 0 Å². The SMILES string of the molecule is CCCOc1ncccc1CNC(=NC)NC(C)CCCN(CC)CC.I. The Morgan fingerprint density at radius 2 is 2.04 bits per heavy atom. The van der Waals surface area contributed by atoms with E-state index in [4.69, 9.17) is 4.74 Å². The Morgan fingerprint density at radius 3 is 2.67 bits per heavy atom. The predicted molar refractivity (Wildman–Crippen MR) is 125 cm³/mol. The number of guanidine groups is 1. The van der Waals surface area contributed by atoms with Crippen molar-refractivity contribution in [2.75, 3.05) is 33.3 Å². The predicted octanol–water partition coefficient (Wildman–Crippen LogP) is 3.66. The molecular weight excluding hydrogens is 453 g/mol. The van der Waals surface area contributed by atoms with Crippen LogP contribution in [0.2, 0.25) is 0 Å². The zero-order chi connectivity index (χ0) is 19.2. The molecule has 0 aliphatic rings. The standard InChI is InChI=1S/C20H37N5O.HI/c1-6-15-26-19-18(12-9-13-22-19)16-23-20(21-5)24-17(4)11-10-14-25(7-2)8-3;/h9,12-13,17H,6-8,10-11,14-16H2,1-5H3,(H2,21,23,24);1H. The van der Waals surface area contributed by atoms with E-state index in [0.717, 1.165) is 44.0 Å². The van der Waals surface area contributed by atoms with E-state index in [0.29, 0.717) is 25.1 Å². The fourth-order valence-electron chi connectivity index (χ4n) is 2.73. The molecule has 27 heavy (non-hydrogen) atoms. The summed E-state index contributed by atoms with van der Waals surface area (Å²) in [6, 6.07) is 4.34. The third-order valence-electron chi connectivity index (χ3n) is 4.35. The van der Waals surface area contributed by atoms with Gasteiger partial charge < -0.3 is 20.3 Å². The molecule has 156 valence electrons. The summed E-state index contributed by atoms with van der Waals surface area (Å²) in [5.74, 6) is 1.51. The normalized spacial score (nSPS) is 12.4. The molecule has 0 aromatic carbocycles. The Kier molecular flexibility index (Phi) is 15.3. The molecule has 0 spiro atoms. The molecule has 1 aromatic rings. The fourth-order valence-corrected chi connectivity index (χ4v) is 2.73. The van der Waals surface area contributed by atoms with Gasteiger partial charge in [-0.1, -0.05) is 26.8 Å². The van der Waals surface area contributed by atoms with Crippen LogP contribution in [0.15, 0.2) is 23.3 Å². The van der Waals surface area contributed by atoms with Gasteiger partial charge in [0.25, 0.3) is 0 Å². The van der Waals surface area contributed by atoms with Gasteiger partial charge in [0.2, 0.25) is 5.88 Å². The molecule has 0 bridgehead atoms. The van der Waals surface area contributed by atoms with Crippen molar-refractivity contribution in [1.29, 1.82) is 0 Å². The monoisotopic (exact) mass is 491 g/mol. The Hall–Kier alpha value is -1.09. The van der Waals surface area contributed by atoms with Gasteiger partial charge >= 0.3 is 0 Å². The molecule has 1 rings (SSSR count). The molecule has 0 amide bonds. The van der Waals surface area contributed by atoms with Gasteiger partial charge in [-0.25, -0.2) is 4.98 Å². The largest absolute Gasteiger partial charge is 0.477 e. The van der Waals surface area contributed by atoms with E-state index in [9.17, 15) is 0 Å². The van der Waals surface area contributed by atoms with Crippen molar-refractivity contribution in [3.8, 4) is 5.88 Å². The van der Waals surface area contributed by atoms with E-state index >= 15 is 0 Å². The zero-order valence-corrected chi connectivity index (χ0v) is 20.0. The summed E-state index contributed by atoms with van der Waals surface area (Å²) in [6.45, 7) is 13.4. The fraction of sp³-hybridized carbons (Fsp3) is 0.700. The number of hydrogen-bond donors (Lipinski definition) is 2. The number of halogens is 1. The average molecular weight is 491 g/mol. The Morgan fingerprint density at radius 1 is 1.30 bits per heavy atom. The van der Waals surface area contributed by atoms with Crippen LogP contribution in [0.5, 0.6) is 5.88 Å². The maximum atomic E-state index is 5.71. The maximum absolute atomic E-state index is 5.71. The molecule has 0 saturated heterocycles. The molecule has 1 aromatic heterocycles. The molecule has 1 heterocycles. The van der Waals surface area contributed by atoms with Crippen LogP contribution in [0.4, 0.5) is 0 Å². The van der Waals surface area contributed by atoms with Gasteiger partial charge in [0.1, 0.15) is 0 Å². The summed E-state index contributed by atoms with van der Waals surface area (Å²) in [5.41, 5.74) is 1.04. The highest BCUT2D eigenvalue weighted by Crippen LogP contribution is 2.14. The first-order valence-electron chi connectivity index (χ1n) is 9.90. The number of aliphatic imine (C=N–C) groups is 1. The highest BCUT2D eigenvalue weighted by Gasteiger charge is 2.09. The third kappa shape index (κ3) is 10.7. The van der Waals surface area contributed by atoms with Crippen LogP contribution in [-0.4, -0.2) is 55.2 Å². The van der Waals surface area contributed by atoms with Crippen molar-refractivity contribution in [2.24, 2.45) is 4.99 Å². The molecule has 6 nitrogen and oxygen atoms in total. The van der Waals surface area contributed by atoms with Gasteiger partial charge in [0.05, 0.1) is 6.61 Å². The Balaban J connectivity index is 0.00000676. The zero-order valence-electron chi connectivity index (χ0n) is 17.6. The summed E-state index contributed by atoms with van der Waals surface area (Å²) in [5, 5.41) is 6.83. The van der Waals surface area contributed by atoms with Crippen LogP contribution in [-0.2, 0) is 6.54 Å². The van der Waals surface area contributed by atoms with E-state index in [-0.39, 0.29) is 24.0 Å². The molecule has 0 aliphatic carbocycles. The second kappa shape index (κ2) is 15.9. The second-order valence-electron chi connectivity index (χ2n) is 6.46. The quantitative estimate of drug-likeness (QED) is 0.266. The molecule has 0 fully saturated rings. The summed E-state index contributed by atoms with van der Waals surface area (Å²) in [4.78, 5) is 11.1. The summed E-state index contributed by atoms with van der Waals surface area (Å²) in [6.07, 6.45) is 5.04. The van der Waals surface area contributed by atoms with Gasteiger partial charge in [-0.2, -0.15) is 0 Å². The van der Waals surface area contributed by atoms with Crippen molar-refractivity contribution in [2.45, 2.75) is 59.5 Å². The van der Waals surface area contributed by atoms with Crippen LogP contribution in [0.25, 0.3) is 0 Å². The molecule has 1 atom stereocenters. The lowest BCUT2D eigenvalue weighted by Gasteiger charge is -2.21.